The first kappa shape index (κ1) is 3.73. The van der Waals surface area contributed by atoms with E-state index in [0.717, 1.165) is 0 Å². The summed E-state index contributed by atoms with van der Waals surface area (Å²) in [6, 6.07) is 0. The van der Waals surface area contributed by atoms with Crippen LogP contribution in [0.2, 0.25) is 0 Å². The summed E-state index contributed by atoms with van der Waals surface area (Å²) in [6.45, 7) is 1.31. The van der Waals surface area contributed by atoms with Gasteiger partial charge in [0.05, 0.1) is 5.68 Å². The van der Waals surface area contributed by atoms with Crippen molar-refractivity contribution < 1.29 is 4.79 Å². The Morgan fingerprint density at radius 3 is 2.00 bits per heavy atom. The van der Waals surface area contributed by atoms with E-state index in [-0.39, 0.29) is 5.68 Å². The summed E-state index contributed by atoms with van der Waals surface area (Å²) in [5.74, 6) is 0. The topological polar surface area (TPSA) is 17.1 Å². The Morgan fingerprint density at radius 2 is 2.00 bits per heavy atom. The van der Waals surface area contributed by atoms with Gasteiger partial charge in [0.25, 0.3) is 0 Å². The van der Waals surface area contributed by atoms with Gasteiger partial charge in [0, 0.05) is 0 Å². The lowest BCUT2D eigenvalue weighted by molar-refractivity contribution is -0.109. The van der Waals surface area contributed by atoms with Crippen LogP contribution in [0.25, 0.3) is 0 Å². The molecule has 0 atom stereocenters. The number of carbonyl (C=O) groups excluding carboxylic acids is 1. The molecule has 0 fully saturated rings. The Bertz CT molecular complexity index is 29.0. The van der Waals surface area contributed by atoms with E-state index >= 15 is 0 Å². The van der Waals surface area contributed by atoms with E-state index in [0.29, 0.717) is 0 Å². The second kappa shape index (κ2) is 1.10. The third-order valence-electron chi connectivity index (χ3n) is 0. The average molecular weight is 53.9 g/mol. The monoisotopic (exact) mass is 54.0 g/mol. The van der Waals surface area contributed by atoms with Gasteiger partial charge < -0.3 is 4.79 Å². The molecular weight excluding hydrogens is 50.8 g/mol. The first-order valence-corrected chi connectivity index (χ1v) is 0.993. The highest BCUT2D eigenvalue weighted by Crippen LogP contribution is 1.40. The third kappa shape index (κ3) is 13.3. The van der Waals surface area contributed by atoms with Gasteiger partial charge in [-0.3, -0.25) is 0 Å². The van der Waals surface area contributed by atoms with Gasteiger partial charge in [-0.05, 0) is 6.92 Å². The molecule has 0 N–H and O–H groups in total. The molecule has 0 aromatic heterocycles. The molecule has 0 bridgehead atoms. The van der Waals surface area contributed by atoms with E-state index in [1.54, 1.807) is 0 Å². The zero-order valence-electron chi connectivity index (χ0n) is 2.49. The zero-order chi connectivity index (χ0) is 3.58. The van der Waals surface area contributed by atoms with Crippen LogP contribution in [0, 0.1) is 0 Å². The van der Waals surface area contributed by atoms with E-state index in [9.17, 15) is 4.79 Å². The van der Waals surface area contributed by atoms with Crippen LogP contribution in [0.3, 0.4) is 0 Å². The maximum Gasteiger partial charge on any atom is 0.167 e. The average Bonchev–Trinajstić information content (AvgIpc) is 0.811. The van der Waals surface area contributed by atoms with Gasteiger partial charge in [-0.25, -0.2) is 0 Å². The van der Waals surface area contributed by atoms with E-state index in [4.69, 9.17) is 0 Å². The number of hydrogen-bond donors (Lipinski definition) is 0. The maximum atomic E-state index is 9.22. The van der Waals surface area contributed by atoms with E-state index in [1.807, 2.05) is 0 Å². The Hall–Kier alpha value is -0.265. The molecule has 0 aliphatic carbocycles. The van der Waals surface area contributed by atoms with Gasteiger partial charge in [-0.2, -0.15) is 0 Å². The van der Waals surface area contributed by atoms with Crippen molar-refractivity contribution in [1.82, 2.24) is 0 Å². The van der Waals surface area contributed by atoms with Gasteiger partial charge in [0.2, 0.25) is 0 Å². The highest BCUT2D eigenvalue weighted by Gasteiger charge is 1.63. The van der Waals surface area contributed by atoms with Crippen LogP contribution in [0.4, 0.5) is 0 Å². The normalized spacial score (nSPS) is 6.25. The standard InChI is InChI=1S/C2H3BO/c1-2(3)4/h1H3. The van der Waals surface area contributed by atoms with E-state index in [1.165, 1.54) is 6.92 Å². The number of rotatable bonds is 0. The molecule has 0 spiro atoms. The van der Waals surface area contributed by atoms with Crippen LogP contribution in [-0.4, -0.2) is 13.5 Å². The molecule has 2 heteroatoms. The lowest BCUT2D eigenvalue weighted by atomic mass is 10.1. The lowest BCUT2D eigenvalue weighted by Crippen LogP contribution is -1.80. The Kier molecular flexibility index (Phi) is 1.03. The molecule has 0 saturated carbocycles. The molecule has 1 nitrogen and oxygen atoms in total. The minimum absolute atomic E-state index is 0.333. The van der Waals surface area contributed by atoms with Crippen LogP contribution in [0.15, 0.2) is 0 Å². The summed E-state index contributed by atoms with van der Waals surface area (Å²) in [5, 5.41) is 0. The van der Waals surface area contributed by atoms with Gasteiger partial charge in [-0.15, -0.1) is 0 Å². The summed E-state index contributed by atoms with van der Waals surface area (Å²) in [4.78, 5) is 9.22. The van der Waals surface area contributed by atoms with Crippen LogP contribution in [-0.2, 0) is 4.79 Å². The highest BCUT2D eigenvalue weighted by molar-refractivity contribution is 6.56. The fraction of sp³-hybridized carbons (Fsp3) is 0.500. The molecule has 0 amide bonds. The minimum atomic E-state index is -0.333. The SMILES string of the molecule is [B]C(C)=O. The zero-order valence-corrected chi connectivity index (χ0v) is 2.49. The number of hydrogen-bond acceptors (Lipinski definition) is 1. The minimum Gasteiger partial charge on any atom is -0.313 e. The van der Waals surface area contributed by atoms with Gasteiger partial charge in [-0.1, -0.05) is 0 Å². The Balaban J connectivity index is 2.80. The van der Waals surface area contributed by atoms with Crippen molar-refractivity contribution in [3.05, 3.63) is 0 Å². The second-order valence-corrected chi connectivity index (χ2v) is 0.611. The predicted octanol–water partition coefficient (Wildman–Crippen LogP) is -0.299. The number of carbonyl (C=O) groups is 1. The maximum absolute atomic E-state index is 9.22. The predicted molar refractivity (Wildman–Crippen MR) is 16.4 cm³/mol. The molecule has 2 radical (unpaired) electrons. The smallest absolute Gasteiger partial charge is 0.167 e. The first-order valence-electron chi connectivity index (χ1n) is 0.993. The van der Waals surface area contributed by atoms with Crippen LogP contribution in [0.5, 0.6) is 0 Å². The van der Waals surface area contributed by atoms with Gasteiger partial charge in [0.15, 0.2) is 7.85 Å². The molecular formula is C2H3BO. The van der Waals surface area contributed by atoms with Crippen molar-refractivity contribution in [1.29, 1.82) is 0 Å². The largest absolute Gasteiger partial charge is 0.313 e. The van der Waals surface area contributed by atoms with Crippen molar-refractivity contribution in [3.8, 4) is 0 Å². The van der Waals surface area contributed by atoms with E-state index < -0.39 is 0 Å². The van der Waals surface area contributed by atoms with Crippen molar-refractivity contribution in [2.45, 2.75) is 6.92 Å². The van der Waals surface area contributed by atoms with Crippen molar-refractivity contribution >= 4 is 13.5 Å². The van der Waals surface area contributed by atoms with Crippen molar-refractivity contribution in [2.24, 2.45) is 0 Å². The van der Waals surface area contributed by atoms with Crippen molar-refractivity contribution in [2.75, 3.05) is 0 Å². The molecule has 4 heavy (non-hydrogen) atoms. The highest BCUT2D eigenvalue weighted by atomic mass is 16.1. The molecule has 0 rings (SSSR count). The summed E-state index contributed by atoms with van der Waals surface area (Å²) >= 11 is 0. The Morgan fingerprint density at radius 1 is 2.00 bits per heavy atom. The quantitative estimate of drug-likeness (QED) is 0.347. The second-order valence-electron chi connectivity index (χ2n) is 0.611. The molecule has 0 aliphatic rings. The van der Waals surface area contributed by atoms with Crippen molar-refractivity contribution in [3.63, 3.8) is 0 Å². The molecule has 0 unspecified atom stereocenters. The molecule has 0 aromatic carbocycles. The fourth-order valence-electron chi connectivity index (χ4n) is 0. The summed E-state index contributed by atoms with van der Waals surface area (Å²) in [7, 11) is 4.47. The van der Waals surface area contributed by atoms with Gasteiger partial charge in [0.1, 0.15) is 0 Å². The van der Waals surface area contributed by atoms with Crippen LogP contribution < -0.4 is 0 Å². The molecule has 0 heterocycles. The Labute approximate surface area is 26.4 Å². The van der Waals surface area contributed by atoms with E-state index in [2.05, 4.69) is 7.85 Å². The summed E-state index contributed by atoms with van der Waals surface area (Å²) in [5.41, 5.74) is -0.333. The fourth-order valence-corrected chi connectivity index (χ4v) is 0. The molecule has 20 valence electrons. The molecule has 0 aliphatic heterocycles. The summed E-state index contributed by atoms with van der Waals surface area (Å²) < 4.78 is 0. The third-order valence-corrected chi connectivity index (χ3v) is 0. The van der Waals surface area contributed by atoms with Crippen LogP contribution >= 0.6 is 0 Å². The lowest BCUT2D eigenvalue weighted by Gasteiger charge is -1.56. The van der Waals surface area contributed by atoms with Gasteiger partial charge >= 0.3 is 0 Å². The van der Waals surface area contributed by atoms with Crippen LogP contribution in [0.1, 0.15) is 6.92 Å². The first-order chi connectivity index (χ1) is 1.73. The molecule has 0 saturated heterocycles. The summed E-state index contributed by atoms with van der Waals surface area (Å²) in [6.07, 6.45) is 0. The molecule has 0 aromatic rings.